The first kappa shape index (κ1) is 22.1. The summed E-state index contributed by atoms with van der Waals surface area (Å²) >= 11 is 6.44. The highest BCUT2D eigenvalue weighted by Gasteiger charge is 2.16. The van der Waals surface area contributed by atoms with Crippen LogP contribution in [0.25, 0.3) is 11.0 Å². The lowest BCUT2D eigenvalue weighted by atomic mass is 10.1. The number of benzene rings is 2. The molecule has 2 amide bonds. The van der Waals surface area contributed by atoms with E-state index in [0.29, 0.717) is 23.6 Å². The van der Waals surface area contributed by atoms with Crippen LogP contribution >= 0.6 is 11.6 Å². The fourth-order valence-corrected chi connectivity index (χ4v) is 3.32. The normalized spacial score (nSPS) is 11.7. The van der Waals surface area contributed by atoms with Crippen LogP contribution in [0.2, 0.25) is 5.02 Å². The molecule has 0 aliphatic rings. The quantitative estimate of drug-likeness (QED) is 0.390. The summed E-state index contributed by atoms with van der Waals surface area (Å²) in [6.07, 6.45) is 0.809. The van der Waals surface area contributed by atoms with Crippen LogP contribution < -0.4 is 15.8 Å². The lowest BCUT2D eigenvalue weighted by Crippen LogP contribution is -2.31. The first-order chi connectivity index (χ1) is 14.7. The Morgan fingerprint density at radius 1 is 1.32 bits per heavy atom. The maximum atomic E-state index is 12.0. The molecule has 10 heteroatoms. The number of anilines is 1. The Labute approximate surface area is 183 Å². The third-order valence-corrected chi connectivity index (χ3v) is 4.81. The molecule has 0 spiro atoms. The van der Waals surface area contributed by atoms with Crippen molar-refractivity contribution >= 4 is 46.2 Å². The second kappa shape index (κ2) is 9.05. The predicted molar refractivity (Wildman–Crippen MR) is 119 cm³/mol. The van der Waals surface area contributed by atoms with E-state index in [1.54, 1.807) is 12.4 Å². The van der Waals surface area contributed by atoms with Crippen LogP contribution in [0, 0.1) is 0 Å². The van der Waals surface area contributed by atoms with Gasteiger partial charge < -0.3 is 25.5 Å². The fraction of sp³-hybridized carbons (Fsp3) is 0.238. The average molecular weight is 444 g/mol. The van der Waals surface area contributed by atoms with Crippen LogP contribution in [-0.4, -0.2) is 32.5 Å². The van der Waals surface area contributed by atoms with Crippen molar-refractivity contribution in [3.63, 3.8) is 0 Å². The van der Waals surface area contributed by atoms with Gasteiger partial charge in [-0.2, -0.15) is 4.99 Å². The zero-order valence-corrected chi connectivity index (χ0v) is 18.0. The number of aryl methyl sites for hydroxylation is 1. The summed E-state index contributed by atoms with van der Waals surface area (Å²) in [5.41, 5.74) is 8.26. The number of imidazole rings is 1. The summed E-state index contributed by atoms with van der Waals surface area (Å²) in [6.45, 7) is 6.06. The highest BCUT2D eigenvalue weighted by Crippen LogP contribution is 2.37. The minimum atomic E-state index is -1.56. The van der Waals surface area contributed by atoms with Gasteiger partial charge in [0, 0.05) is 17.8 Å². The van der Waals surface area contributed by atoms with E-state index in [4.69, 9.17) is 27.2 Å². The summed E-state index contributed by atoms with van der Waals surface area (Å²) in [4.78, 5) is 30.0. The van der Waals surface area contributed by atoms with Gasteiger partial charge in [-0.05, 0) is 50.1 Å². The number of hydrogen-bond acceptors (Lipinski definition) is 4. The van der Waals surface area contributed by atoms with Gasteiger partial charge in [0.05, 0.1) is 22.4 Å². The molecule has 0 unspecified atom stereocenters. The van der Waals surface area contributed by atoms with Crippen LogP contribution in [0.3, 0.4) is 0 Å². The Kier molecular flexibility index (Phi) is 6.45. The number of carbonyl (C=O) groups is 2. The average Bonchev–Trinajstić information content (AvgIpc) is 3.12. The Morgan fingerprint density at radius 3 is 2.71 bits per heavy atom. The molecule has 9 nitrogen and oxygen atoms in total. The highest BCUT2D eigenvalue weighted by molar-refractivity contribution is 6.42. The molecule has 3 rings (SSSR count). The second-order valence-electron chi connectivity index (χ2n) is 7.03. The summed E-state index contributed by atoms with van der Waals surface area (Å²) in [5.74, 6) is -0.455. The number of hydrogen-bond donors (Lipinski definition) is 3. The molecule has 0 fully saturated rings. The lowest BCUT2D eigenvalue weighted by Gasteiger charge is -2.15. The summed E-state index contributed by atoms with van der Waals surface area (Å²) in [5, 5.41) is 11.4. The van der Waals surface area contributed by atoms with Crippen molar-refractivity contribution in [3.8, 4) is 11.5 Å². The van der Waals surface area contributed by atoms with Gasteiger partial charge in [-0.25, -0.2) is 9.78 Å². The van der Waals surface area contributed by atoms with Crippen molar-refractivity contribution < 1.29 is 19.4 Å². The molecule has 162 valence electrons. The van der Waals surface area contributed by atoms with Crippen LogP contribution in [0.15, 0.2) is 41.7 Å². The van der Waals surface area contributed by atoms with Crippen LogP contribution in [0.4, 0.5) is 10.5 Å². The SMILES string of the molecule is CCc1cc(NC(=O)/C(N)=N/C(=O)O)cc(Cl)c1Oc1ccc2ncn(C(C)C)c2c1. The number of halogens is 1. The first-order valence-corrected chi connectivity index (χ1v) is 9.92. The van der Waals surface area contributed by atoms with E-state index in [1.165, 1.54) is 6.07 Å². The largest absolute Gasteiger partial charge is 0.463 e. The molecular weight excluding hydrogens is 422 g/mol. The van der Waals surface area contributed by atoms with E-state index in [2.05, 4.69) is 29.1 Å². The Hall–Kier alpha value is -3.59. The maximum absolute atomic E-state index is 12.0. The van der Waals surface area contributed by atoms with Crippen molar-refractivity contribution in [1.29, 1.82) is 0 Å². The van der Waals surface area contributed by atoms with Crippen molar-refractivity contribution in [2.45, 2.75) is 33.2 Å². The van der Waals surface area contributed by atoms with Gasteiger partial charge in [0.15, 0.2) is 5.84 Å². The minimum absolute atomic E-state index is 0.245. The fourth-order valence-electron chi connectivity index (χ4n) is 3.05. The third kappa shape index (κ3) is 4.95. The number of carbonyl (C=O) groups excluding carboxylic acids is 1. The lowest BCUT2D eigenvalue weighted by molar-refractivity contribution is -0.110. The van der Waals surface area contributed by atoms with E-state index < -0.39 is 17.8 Å². The number of nitrogens with two attached hydrogens (primary N) is 1. The number of fused-ring (bicyclic) bond motifs is 1. The molecule has 3 aromatic rings. The third-order valence-electron chi connectivity index (χ3n) is 4.53. The topological polar surface area (TPSA) is 132 Å². The number of ether oxygens (including phenoxy) is 1. The van der Waals surface area contributed by atoms with Gasteiger partial charge in [0.25, 0.3) is 5.91 Å². The molecule has 0 aliphatic heterocycles. The van der Waals surface area contributed by atoms with Gasteiger partial charge in [0.2, 0.25) is 0 Å². The van der Waals surface area contributed by atoms with Crippen molar-refractivity contribution in [1.82, 2.24) is 9.55 Å². The van der Waals surface area contributed by atoms with Crippen LogP contribution in [-0.2, 0) is 11.2 Å². The minimum Gasteiger partial charge on any atom is -0.463 e. The number of aromatic nitrogens is 2. The van der Waals surface area contributed by atoms with Crippen molar-refractivity contribution in [2.24, 2.45) is 10.7 Å². The smallest absolute Gasteiger partial charge is 0.433 e. The van der Waals surface area contributed by atoms with Crippen LogP contribution in [0.1, 0.15) is 32.4 Å². The summed E-state index contributed by atoms with van der Waals surface area (Å²) in [7, 11) is 0. The number of carboxylic acid groups (broad SMARTS) is 1. The summed E-state index contributed by atoms with van der Waals surface area (Å²) < 4.78 is 8.14. The van der Waals surface area contributed by atoms with Gasteiger partial charge in [-0.3, -0.25) is 4.79 Å². The molecule has 1 aromatic heterocycles. The molecule has 2 aromatic carbocycles. The standard InChI is InChI=1S/C21H22ClN5O4/c1-4-12-7-13(25-20(28)19(23)26-21(29)30)8-15(22)18(12)31-14-5-6-16-17(9-14)27(10-24-16)11(2)3/h5-11H,4H2,1-3H3,(H2,23,26)(H,25,28)(H,29,30). The molecule has 0 aliphatic carbocycles. The predicted octanol–water partition coefficient (Wildman–Crippen LogP) is 4.60. The number of amides is 2. The van der Waals surface area contributed by atoms with Gasteiger partial charge >= 0.3 is 6.09 Å². The van der Waals surface area contributed by atoms with E-state index in [0.717, 1.165) is 16.6 Å². The second-order valence-corrected chi connectivity index (χ2v) is 7.44. The molecule has 0 saturated carbocycles. The van der Waals surface area contributed by atoms with E-state index in [-0.39, 0.29) is 11.1 Å². The Morgan fingerprint density at radius 2 is 2.06 bits per heavy atom. The maximum Gasteiger partial charge on any atom is 0.433 e. The molecule has 0 saturated heterocycles. The number of nitrogens with one attached hydrogen (secondary N) is 1. The number of rotatable bonds is 5. The van der Waals surface area contributed by atoms with E-state index in [1.807, 2.05) is 29.7 Å². The monoisotopic (exact) mass is 443 g/mol. The van der Waals surface area contributed by atoms with Crippen LogP contribution in [0.5, 0.6) is 11.5 Å². The van der Waals surface area contributed by atoms with Gasteiger partial charge in [-0.15, -0.1) is 0 Å². The van der Waals surface area contributed by atoms with Crippen molar-refractivity contribution in [2.75, 3.05) is 5.32 Å². The van der Waals surface area contributed by atoms with E-state index >= 15 is 0 Å². The number of aliphatic imine (C=N–C) groups is 1. The van der Waals surface area contributed by atoms with Gasteiger partial charge in [-0.1, -0.05) is 18.5 Å². The zero-order chi connectivity index (χ0) is 22.7. The molecule has 0 bridgehead atoms. The first-order valence-electron chi connectivity index (χ1n) is 9.54. The molecular formula is C21H22ClN5O4. The Balaban J connectivity index is 1.90. The molecule has 31 heavy (non-hydrogen) atoms. The Bertz CT molecular complexity index is 1190. The molecule has 0 radical (unpaired) electrons. The number of amidine groups is 1. The van der Waals surface area contributed by atoms with Crippen molar-refractivity contribution in [3.05, 3.63) is 47.2 Å². The molecule has 0 atom stereocenters. The van der Waals surface area contributed by atoms with Gasteiger partial charge in [0.1, 0.15) is 11.5 Å². The zero-order valence-electron chi connectivity index (χ0n) is 17.2. The van der Waals surface area contributed by atoms with E-state index in [9.17, 15) is 9.59 Å². The highest BCUT2D eigenvalue weighted by atomic mass is 35.5. The summed E-state index contributed by atoms with van der Waals surface area (Å²) in [6, 6.07) is 9.02. The number of nitrogens with zero attached hydrogens (tertiary/aromatic N) is 3. The molecule has 1 heterocycles. The molecule has 4 N–H and O–H groups in total.